The van der Waals surface area contributed by atoms with Gasteiger partial charge < -0.3 is 10.1 Å². The Morgan fingerprint density at radius 2 is 2.00 bits per heavy atom. The molecular weight excluding hydrogens is 262 g/mol. The van der Waals surface area contributed by atoms with Crippen molar-refractivity contribution in [1.82, 2.24) is 5.32 Å². The first-order valence-electron chi connectivity index (χ1n) is 7.91. The van der Waals surface area contributed by atoms with Crippen LogP contribution in [0.5, 0.6) is 5.75 Å². The smallest absolute Gasteiger partial charge is 0.251 e. The maximum Gasteiger partial charge on any atom is 0.251 e. The molecule has 0 radical (unpaired) electrons. The lowest BCUT2D eigenvalue weighted by molar-refractivity contribution is 0.0952. The van der Waals surface area contributed by atoms with Gasteiger partial charge in [-0.3, -0.25) is 4.79 Å². The average molecular weight is 287 g/mol. The molecule has 2 rings (SSSR count). The van der Waals surface area contributed by atoms with Crippen molar-refractivity contribution in [3.05, 3.63) is 42.5 Å². The second kappa shape index (κ2) is 8.50. The van der Waals surface area contributed by atoms with Gasteiger partial charge in [0.25, 0.3) is 5.91 Å². The molecule has 1 fully saturated rings. The Balaban J connectivity index is 1.68. The molecule has 0 saturated heterocycles. The van der Waals surface area contributed by atoms with Gasteiger partial charge in [-0.1, -0.05) is 38.3 Å². The number of amides is 1. The molecule has 1 aliphatic rings. The van der Waals surface area contributed by atoms with Gasteiger partial charge in [0, 0.05) is 12.1 Å². The minimum atomic E-state index is -0.00306. The Hall–Kier alpha value is -1.77. The molecule has 1 saturated carbocycles. The molecule has 1 aromatic carbocycles. The van der Waals surface area contributed by atoms with Crippen LogP contribution in [0.4, 0.5) is 0 Å². The molecule has 114 valence electrons. The van der Waals surface area contributed by atoms with E-state index >= 15 is 0 Å². The van der Waals surface area contributed by atoms with Crippen molar-refractivity contribution in [2.75, 3.05) is 13.2 Å². The summed E-state index contributed by atoms with van der Waals surface area (Å²) in [5.74, 6) is 1.65. The van der Waals surface area contributed by atoms with E-state index < -0.39 is 0 Å². The SMILES string of the molecule is C=CCOc1ccc(C(=O)NCCCC2CCCC2)cc1. The Labute approximate surface area is 127 Å². The van der Waals surface area contributed by atoms with Crippen LogP contribution >= 0.6 is 0 Å². The van der Waals surface area contributed by atoms with Crippen LogP contribution in [-0.2, 0) is 0 Å². The zero-order valence-electron chi connectivity index (χ0n) is 12.6. The molecule has 1 amide bonds. The summed E-state index contributed by atoms with van der Waals surface area (Å²) in [6.45, 7) is 4.85. The van der Waals surface area contributed by atoms with Crippen LogP contribution in [-0.4, -0.2) is 19.1 Å². The van der Waals surface area contributed by atoms with Crippen LogP contribution in [0.3, 0.4) is 0 Å². The Bertz CT molecular complexity index is 447. The third-order valence-corrected chi connectivity index (χ3v) is 4.03. The number of carbonyl (C=O) groups excluding carboxylic acids is 1. The molecule has 0 heterocycles. The predicted molar refractivity (Wildman–Crippen MR) is 85.7 cm³/mol. The summed E-state index contributed by atoms with van der Waals surface area (Å²) < 4.78 is 5.40. The van der Waals surface area contributed by atoms with Gasteiger partial charge in [0.1, 0.15) is 12.4 Å². The fraction of sp³-hybridized carbons (Fsp3) is 0.500. The summed E-state index contributed by atoms with van der Waals surface area (Å²) >= 11 is 0. The quantitative estimate of drug-likeness (QED) is 0.580. The molecule has 0 aromatic heterocycles. The Kier molecular flexibility index (Phi) is 6.32. The van der Waals surface area contributed by atoms with E-state index in [9.17, 15) is 4.79 Å². The summed E-state index contributed by atoms with van der Waals surface area (Å²) in [5.41, 5.74) is 0.682. The molecule has 0 bridgehead atoms. The molecule has 3 nitrogen and oxygen atoms in total. The first-order chi connectivity index (χ1) is 10.3. The topological polar surface area (TPSA) is 38.3 Å². The summed E-state index contributed by atoms with van der Waals surface area (Å²) in [5, 5.41) is 2.99. The van der Waals surface area contributed by atoms with E-state index in [1.165, 1.54) is 32.1 Å². The van der Waals surface area contributed by atoms with E-state index in [-0.39, 0.29) is 5.91 Å². The van der Waals surface area contributed by atoms with Crippen LogP contribution < -0.4 is 10.1 Å². The van der Waals surface area contributed by atoms with Crippen molar-refractivity contribution in [3.8, 4) is 5.75 Å². The van der Waals surface area contributed by atoms with Crippen molar-refractivity contribution in [1.29, 1.82) is 0 Å². The first-order valence-corrected chi connectivity index (χ1v) is 7.91. The fourth-order valence-electron chi connectivity index (χ4n) is 2.85. The highest BCUT2D eigenvalue weighted by molar-refractivity contribution is 5.94. The zero-order chi connectivity index (χ0) is 14.9. The van der Waals surface area contributed by atoms with Gasteiger partial charge in [-0.05, 0) is 43.0 Å². The van der Waals surface area contributed by atoms with Crippen molar-refractivity contribution >= 4 is 5.91 Å². The normalized spacial score (nSPS) is 14.9. The molecule has 1 aromatic rings. The highest BCUT2D eigenvalue weighted by Gasteiger charge is 2.14. The molecule has 1 aliphatic carbocycles. The van der Waals surface area contributed by atoms with Gasteiger partial charge >= 0.3 is 0 Å². The highest BCUT2D eigenvalue weighted by Crippen LogP contribution is 2.28. The summed E-state index contributed by atoms with van der Waals surface area (Å²) in [4.78, 5) is 12.0. The predicted octanol–water partition coefficient (Wildman–Crippen LogP) is 3.95. The summed E-state index contributed by atoms with van der Waals surface area (Å²) in [6, 6.07) is 7.23. The molecule has 0 unspecified atom stereocenters. The maximum atomic E-state index is 12.0. The zero-order valence-corrected chi connectivity index (χ0v) is 12.6. The van der Waals surface area contributed by atoms with E-state index in [1.807, 2.05) is 12.1 Å². The number of nitrogens with one attached hydrogen (secondary N) is 1. The van der Waals surface area contributed by atoms with Crippen molar-refractivity contribution in [3.63, 3.8) is 0 Å². The van der Waals surface area contributed by atoms with E-state index in [1.54, 1.807) is 18.2 Å². The number of rotatable bonds is 8. The van der Waals surface area contributed by atoms with Crippen molar-refractivity contribution < 1.29 is 9.53 Å². The minimum Gasteiger partial charge on any atom is -0.490 e. The molecule has 3 heteroatoms. The molecule has 0 aliphatic heterocycles. The maximum absolute atomic E-state index is 12.0. The number of carbonyl (C=O) groups is 1. The van der Waals surface area contributed by atoms with Crippen molar-refractivity contribution in [2.24, 2.45) is 5.92 Å². The third kappa shape index (κ3) is 5.25. The highest BCUT2D eigenvalue weighted by atomic mass is 16.5. The van der Waals surface area contributed by atoms with E-state index in [4.69, 9.17) is 4.74 Å². The standard InChI is InChI=1S/C18H25NO2/c1-2-14-21-17-11-9-16(10-12-17)18(20)19-13-5-8-15-6-3-4-7-15/h2,9-12,15H,1,3-8,13-14H2,(H,19,20). The van der Waals surface area contributed by atoms with Crippen LogP contribution in [0.15, 0.2) is 36.9 Å². The van der Waals surface area contributed by atoms with Crippen molar-refractivity contribution in [2.45, 2.75) is 38.5 Å². The molecule has 0 spiro atoms. The lowest BCUT2D eigenvalue weighted by Gasteiger charge is -2.09. The summed E-state index contributed by atoms with van der Waals surface area (Å²) in [7, 11) is 0. The van der Waals surface area contributed by atoms with Crippen LogP contribution in [0.25, 0.3) is 0 Å². The second-order valence-electron chi connectivity index (χ2n) is 5.67. The van der Waals surface area contributed by atoms with E-state index in [0.717, 1.165) is 24.6 Å². The number of hydrogen-bond acceptors (Lipinski definition) is 2. The number of hydrogen-bond donors (Lipinski definition) is 1. The van der Waals surface area contributed by atoms with Crippen LogP contribution in [0.1, 0.15) is 48.9 Å². The average Bonchev–Trinajstić information content (AvgIpc) is 3.03. The molecule has 21 heavy (non-hydrogen) atoms. The second-order valence-corrected chi connectivity index (χ2v) is 5.67. The third-order valence-electron chi connectivity index (χ3n) is 4.03. The molecule has 1 N–H and O–H groups in total. The monoisotopic (exact) mass is 287 g/mol. The van der Waals surface area contributed by atoms with Gasteiger partial charge in [0.05, 0.1) is 0 Å². The van der Waals surface area contributed by atoms with Gasteiger partial charge in [-0.25, -0.2) is 0 Å². The van der Waals surface area contributed by atoms with Gasteiger partial charge in [0.15, 0.2) is 0 Å². The van der Waals surface area contributed by atoms with Gasteiger partial charge in [-0.2, -0.15) is 0 Å². The molecule has 0 atom stereocenters. The van der Waals surface area contributed by atoms with Gasteiger partial charge in [0.2, 0.25) is 0 Å². The number of ether oxygens (including phenoxy) is 1. The van der Waals surface area contributed by atoms with Gasteiger partial charge in [-0.15, -0.1) is 0 Å². The lowest BCUT2D eigenvalue weighted by atomic mass is 10.0. The number of benzene rings is 1. The van der Waals surface area contributed by atoms with Crippen LogP contribution in [0, 0.1) is 5.92 Å². The lowest BCUT2D eigenvalue weighted by Crippen LogP contribution is -2.24. The van der Waals surface area contributed by atoms with E-state index in [0.29, 0.717) is 12.2 Å². The fourth-order valence-corrected chi connectivity index (χ4v) is 2.85. The van der Waals surface area contributed by atoms with E-state index in [2.05, 4.69) is 11.9 Å². The Morgan fingerprint density at radius 3 is 2.67 bits per heavy atom. The molecular formula is C18H25NO2. The first kappa shape index (κ1) is 15.6. The summed E-state index contributed by atoms with van der Waals surface area (Å²) in [6.07, 6.45) is 9.55. The Morgan fingerprint density at radius 1 is 1.29 bits per heavy atom. The van der Waals surface area contributed by atoms with Crippen LogP contribution in [0.2, 0.25) is 0 Å². The largest absolute Gasteiger partial charge is 0.490 e. The minimum absolute atomic E-state index is 0.00306.